The predicted molar refractivity (Wildman–Crippen MR) is 137 cm³/mol. The van der Waals surface area contributed by atoms with Crippen LogP contribution < -0.4 is 10.3 Å². The van der Waals surface area contributed by atoms with Crippen LogP contribution >= 0.6 is 15.9 Å². The van der Waals surface area contributed by atoms with Gasteiger partial charge in [-0.1, -0.05) is 59.6 Å². The number of rotatable bonds is 7. The lowest BCUT2D eigenvalue weighted by Gasteiger charge is -2.14. The van der Waals surface area contributed by atoms with Crippen LogP contribution in [0.1, 0.15) is 48.7 Å². The maximum Gasteiger partial charge on any atom is 0.282 e. The van der Waals surface area contributed by atoms with Gasteiger partial charge in [0.05, 0.1) is 17.1 Å². The average Bonchev–Trinajstić information content (AvgIpc) is 2.83. The topological polar surface area (TPSA) is 56.5 Å². The second-order valence-electron chi connectivity index (χ2n) is 8.15. The summed E-state index contributed by atoms with van der Waals surface area (Å²) < 4.78 is 8.14. The number of benzene rings is 3. The zero-order valence-electron chi connectivity index (χ0n) is 19.0. The predicted octanol–water partition coefficient (Wildman–Crippen LogP) is 6.44. The van der Waals surface area contributed by atoms with Crippen LogP contribution in [0.3, 0.4) is 0 Å². The standard InChI is InChI=1S/C27H26BrN3O2/c1-4-19(3)26-30-25-14-11-22(28)15-24(25)27(32)31(26)29-16-20-9-12-23(13-10-20)33-17-21-7-5-18(2)6-8-21/h5-16,19H,4,17H2,1-3H3/t19-/m1/s1. The summed E-state index contributed by atoms with van der Waals surface area (Å²) in [5.41, 5.74) is 3.73. The first-order valence-corrected chi connectivity index (χ1v) is 11.8. The third kappa shape index (κ3) is 5.40. The summed E-state index contributed by atoms with van der Waals surface area (Å²) in [6, 6.07) is 21.5. The Morgan fingerprint density at radius 1 is 1.09 bits per heavy atom. The van der Waals surface area contributed by atoms with Gasteiger partial charge in [-0.25, -0.2) is 4.98 Å². The molecule has 33 heavy (non-hydrogen) atoms. The summed E-state index contributed by atoms with van der Waals surface area (Å²) in [4.78, 5) is 17.9. The van der Waals surface area contributed by atoms with Crippen LogP contribution in [0.15, 0.2) is 81.1 Å². The van der Waals surface area contributed by atoms with Crippen molar-refractivity contribution in [1.29, 1.82) is 0 Å². The van der Waals surface area contributed by atoms with E-state index in [4.69, 9.17) is 9.72 Å². The highest BCUT2D eigenvalue weighted by molar-refractivity contribution is 9.10. The van der Waals surface area contributed by atoms with Gasteiger partial charge >= 0.3 is 0 Å². The molecule has 0 N–H and O–H groups in total. The average molecular weight is 504 g/mol. The highest BCUT2D eigenvalue weighted by Gasteiger charge is 2.15. The third-order valence-electron chi connectivity index (χ3n) is 5.62. The molecule has 0 amide bonds. The van der Waals surface area contributed by atoms with E-state index in [-0.39, 0.29) is 11.5 Å². The number of ether oxygens (including phenoxy) is 1. The van der Waals surface area contributed by atoms with Crippen molar-refractivity contribution in [3.8, 4) is 5.75 Å². The minimum Gasteiger partial charge on any atom is -0.489 e. The number of hydrogen-bond acceptors (Lipinski definition) is 4. The number of aryl methyl sites for hydroxylation is 1. The lowest BCUT2D eigenvalue weighted by Crippen LogP contribution is -2.23. The highest BCUT2D eigenvalue weighted by Crippen LogP contribution is 2.21. The fraction of sp³-hybridized carbons (Fsp3) is 0.222. The summed E-state index contributed by atoms with van der Waals surface area (Å²) >= 11 is 3.44. The molecule has 4 rings (SSSR count). The zero-order chi connectivity index (χ0) is 23.4. The van der Waals surface area contributed by atoms with Gasteiger partial charge in [0.25, 0.3) is 5.56 Å². The van der Waals surface area contributed by atoms with Gasteiger partial charge in [0, 0.05) is 10.4 Å². The quantitative estimate of drug-likeness (QED) is 0.272. The first kappa shape index (κ1) is 22.9. The SMILES string of the molecule is CC[C@@H](C)c1nc2ccc(Br)cc2c(=O)n1N=Cc1ccc(OCc2ccc(C)cc2)cc1. The largest absolute Gasteiger partial charge is 0.489 e. The molecular formula is C27H26BrN3O2. The molecule has 4 aromatic rings. The molecule has 0 saturated carbocycles. The van der Waals surface area contributed by atoms with Gasteiger partial charge in [-0.3, -0.25) is 4.79 Å². The van der Waals surface area contributed by atoms with Crippen LogP contribution in [0.5, 0.6) is 5.75 Å². The second-order valence-corrected chi connectivity index (χ2v) is 9.06. The minimum absolute atomic E-state index is 0.0976. The molecule has 0 bridgehead atoms. The molecular weight excluding hydrogens is 478 g/mol. The van der Waals surface area contributed by atoms with Gasteiger partial charge in [-0.05, 0) is 66.9 Å². The van der Waals surface area contributed by atoms with Crippen molar-refractivity contribution in [1.82, 2.24) is 9.66 Å². The molecule has 0 saturated heterocycles. The summed E-state index contributed by atoms with van der Waals surface area (Å²) in [6.07, 6.45) is 2.54. The number of fused-ring (bicyclic) bond motifs is 1. The van der Waals surface area contributed by atoms with Crippen molar-refractivity contribution >= 4 is 33.0 Å². The van der Waals surface area contributed by atoms with Crippen molar-refractivity contribution < 1.29 is 4.74 Å². The second kappa shape index (κ2) is 10.1. The molecule has 5 nitrogen and oxygen atoms in total. The van der Waals surface area contributed by atoms with Crippen molar-refractivity contribution in [2.75, 3.05) is 0 Å². The van der Waals surface area contributed by atoms with Gasteiger partial charge in [-0.15, -0.1) is 0 Å². The lowest BCUT2D eigenvalue weighted by molar-refractivity contribution is 0.306. The first-order valence-electron chi connectivity index (χ1n) is 11.0. The van der Waals surface area contributed by atoms with E-state index in [2.05, 4.69) is 66.1 Å². The van der Waals surface area contributed by atoms with E-state index < -0.39 is 0 Å². The fourth-order valence-electron chi connectivity index (χ4n) is 3.40. The Bertz CT molecular complexity index is 1340. The Kier molecular flexibility index (Phi) is 7.04. The molecule has 6 heteroatoms. The van der Waals surface area contributed by atoms with Gasteiger partial charge in [0.2, 0.25) is 0 Å². The molecule has 1 heterocycles. The monoisotopic (exact) mass is 503 g/mol. The molecule has 1 aromatic heterocycles. The maximum absolute atomic E-state index is 13.2. The van der Waals surface area contributed by atoms with Gasteiger partial charge in [0.1, 0.15) is 18.2 Å². The van der Waals surface area contributed by atoms with Crippen LogP contribution in [0.4, 0.5) is 0 Å². The van der Waals surface area contributed by atoms with E-state index in [0.717, 1.165) is 27.8 Å². The number of aromatic nitrogens is 2. The first-order chi connectivity index (χ1) is 15.9. The molecule has 0 unspecified atom stereocenters. The third-order valence-corrected chi connectivity index (χ3v) is 6.11. The normalized spacial score (nSPS) is 12.4. The smallest absolute Gasteiger partial charge is 0.282 e. The van der Waals surface area contributed by atoms with E-state index in [1.54, 1.807) is 12.3 Å². The van der Waals surface area contributed by atoms with Crippen molar-refractivity contribution in [2.45, 2.75) is 39.7 Å². The van der Waals surface area contributed by atoms with E-state index in [9.17, 15) is 4.79 Å². The molecule has 168 valence electrons. The Morgan fingerprint density at radius 3 is 2.52 bits per heavy atom. The van der Waals surface area contributed by atoms with E-state index >= 15 is 0 Å². The Labute approximate surface area is 201 Å². The molecule has 0 spiro atoms. The van der Waals surface area contributed by atoms with Crippen LogP contribution in [0.2, 0.25) is 0 Å². The maximum atomic E-state index is 13.2. The Hall–Kier alpha value is -3.25. The van der Waals surface area contributed by atoms with Crippen molar-refractivity contribution in [3.05, 3.63) is 104 Å². The molecule has 0 aliphatic heterocycles. The molecule has 0 aliphatic carbocycles. The fourth-order valence-corrected chi connectivity index (χ4v) is 3.77. The molecule has 3 aromatic carbocycles. The van der Waals surface area contributed by atoms with Gasteiger partial charge in [-0.2, -0.15) is 9.78 Å². The van der Waals surface area contributed by atoms with E-state index in [1.165, 1.54) is 10.2 Å². The van der Waals surface area contributed by atoms with Crippen LogP contribution in [0, 0.1) is 6.92 Å². The van der Waals surface area contributed by atoms with E-state index in [1.807, 2.05) is 36.4 Å². The molecule has 1 atom stereocenters. The highest BCUT2D eigenvalue weighted by atomic mass is 79.9. The summed E-state index contributed by atoms with van der Waals surface area (Å²) in [5.74, 6) is 1.54. The Balaban J connectivity index is 1.57. The summed E-state index contributed by atoms with van der Waals surface area (Å²) in [5, 5.41) is 5.05. The summed E-state index contributed by atoms with van der Waals surface area (Å²) in [7, 11) is 0. The van der Waals surface area contributed by atoms with Gasteiger partial charge in [0.15, 0.2) is 0 Å². The molecule has 0 aliphatic rings. The van der Waals surface area contributed by atoms with Gasteiger partial charge < -0.3 is 4.74 Å². The van der Waals surface area contributed by atoms with Crippen LogP contribution in [-0.2, 0) is 6.61 Å². The lowest BCUT2D eigenvalue weighted by atomic mass is 10.1. The van der Waals surface area contributed by atoms with Crippen molar-refractivity contribution in [2.24, 2.45) is 5.10 Å². The number of hydrogen-bond donors (Lipinski definition) is 0. The summed E-state index contributed by atoms with van der Waals surface area (Å²) in [6.45, 7) is 6.71. The van der Waals surface area contributed by atoms with Crippen LogP contribution in [-0.4, -0.2) is 15.9 Å². The zero-order valence-corrected chi connectivity index (χ0v) is 20.5. The number of halogens is 1. The molecule has 0 fully saturated rings. The number of nitrogens with zero attached hydrogens (tertiary/aromatic N) is 3. The Morgan fingerprint density at radius 2 is 1.82 bits per heavy atom. The van der Waals surface area contributed by atoms with Crippen molar-refractivity contribution in [3.63, 3.8) is 0 Å². The minimum atomic E-state index is -0.175. The van der Waals surface area contributed by atoms with Crippen LogP contribution in [0.25, 0.3) is 10.9 Å². The molecule has 0 radical (unpaired) electrons. The van der Waals surface area contributed by atoms with E-state index in [0.29, 0.717) is 23.3 Å².